The molecule has 3 N–H and O–H groups in total. The van der Waals surface area contributed by atoms with Gasteiger partial charge in [-0.15, -0.1) is 0 Å². The average molecular weight is 559 g/mol. The topological polar surface area (TPSA) is 142 Å². The maximum absolute atomic E-state index is 14.1. The van der Waals surface area contributed by atoms with Crippen LogP contribution in [0.15, 0.2) is 30.6 Å². The lowest BCUT2D eigenvalue weighted by molar-refractivity contribution is -0.384. The Hall–Kier alpha value is -4.17. The van der Waals surface area contributed by atoms with Gasteiger partial charge in [-0.05, 0) is 39.9 Å². The number of hydrogen-bond acceptors (Lipinski definition) is 11. The largest absolute Gasteiger partial charge is 0.494 e. The lowest BCUT2D eigenvalue weighted by atomic mass is 9.91. The predicted molar refractivity (Wildman–Crippen MR) is 147 cm³/mol. The Morgan fingerprint density at radius 1 is 1.18 bits per heavy atom. The quantitative estimate of drug-likeness (QED) is 0.242. The Labute approximate surface area is 230 Å². The van der Waals surface area contributed by atoms with Gasteiger partial charge in [0.2, 0.25) is 11.9 Å². The van der Waals surface area contributed by atoms with Gasteiger partial charge in [-0.2, -0.15) is 4.98 Å². The van der Waals surface area contributed by atoms with Crippen molar-refractivity contribution in [3.63, 3.8) is 0 Å². The smallest absolute Gasteiger partial charge is 0.294 e. The highest BCUT2D eigenvalue weighted by molar-refractivity contribution is 5.77. The number of rotatable bonds is 10. The SMILES string of the molecule is CCC(C)(O)c1cc(F)c(F)cc1Nc1ncnc(Nc2cc([N+](=O)[O-])c(N3CC[C@@H](N(C)C)C3)cc2OC)n1. The molecular formula is C26H32F2N8O4. The second kappa shape index (κ2) is 11.5. The Morgan fingerprint density at radius 3 is 2.40 bits per heavy atom. The second-order valence-corrected chi connectivity index (χ2v) is 9.97. The fourth-order valence-corrected chi connectivity index (χ4v) is 4.55. The first kappa shape index (κ1) is 28.8. The number of hydrogen-bond donors (Lipinski definition) is 3. The van der Waals surface area contributed by atoms with Crippen molar-refractivity contribution in [1.29, 1.82) is 0 Å². The Morgan fingerprint density at radius 2 is 1.82 bits per heavy atom. The van der Waals surface area contributed by atoms with Crippen molar-refractivity contribution in [3.05, 3.63) is 57.9 Å². The molecule has 2 atom stereocenters. The molecule has 0 aliphatic carbocycles. The van der Waals surface area contributed by atoms with Crippen LogP contribution in [0, 0.1) is 21.7 Å². The number of anilines is 5. The van der Waals surface area contributed by atoms with Gasteiger partial charge in [0.1, 0.15) is 17.8 Å². The van der Waals surface area contributed by atoms with Crippen LogP contribution in [0.4, 0.5) is 43.4 Å². The molecule has 1 saturated heterocycles. The van der Waals surface area contributed by atoms with E-state index in [-0.39, 0.29) is 47.0 Å². The number of likely N-dealkylation sites (N-methyl/N-ethyl adjacent to an activating group) is 1. The third kappa shape index (κ3) is 6.02. The van der Waals surface area contributed by atoms with Gasteiger partial charge in [-0.3, -0.25) is 10.1 Å². The van der Waals surface area contributed by atoms with E-state index >= 15 is 0 Å². The number of aliphatic hydroxyl groups is 1. The van der Waals surface area contributed by atoms with Gasteiger partial charge < -0.3 is 30.3 Å². The Bertz CT molecular complexity index is 1410. The second-order valence-electron chi connectivity index (χ2n) is 9.97. The van der Waals surface area contributed by atoms with E-state index in [9.17, 15) is 24.0 Å². The third-order valence-electron chi connectivity index (χ3n) is 7.12. The summed E-state index contributed by atoms with van der Waals surface area (Å²) in [5.41, 5.74) is -0.675. The predicted octanol–water partition coefficient (Wildman–Crippen LogP) is 4.31. The van der Waals surface area contributed by atoms with Crippen LogP contribution in [0.2, 0.25) is 0 Å². The van der Waals surface area contributed by atoms with Crippen LogP contribution in [-0.2, 0) is 5.60 Å². The van der Waals surface area contributed by atoms with Gasteiger partial charge >= 0.3 is 0 Å². The fourth-order valence-electron chi connectivity index (χ4n) is 4.55. The minimum Gasteiger partial charge on any atom is -0.494 e. The van der Waals surface area contributed by atoms with E-state index in [1.54, 1.807) is 13.0 Å². The van der Waals surface area contributed by atoms with E-state index < -0.39 is 22.2 Å². The Kier molecular flexibility index (Phi) is 8.30. The standard InChI is InChI=1S/C26H32F2N8O4/c1-6-26(2,37)16-9-17(27)18(28)10-19(16)31-24-29-14-30-25(33-24)32-20-11-22(36(38)39)21(12-23(20)40-5)35-8-7-15(13-35)34(3)4/h9-12,14-15,37H,6-8,13H2,1-5H3,(H2,29,30,31,32,33)/t15-,26?/m1/s1. The van der Waals surface area contributed by atoms with Crippen molar-refractivity contribution in [2.24, 2.45) is 0 Å². The number of benzene rings is 2. The molecule has 4 rings (SSSR count). The average Bonchev–Trinajstić information content (AvgIpc) is 3.41. The molecule has 1 unspecified atom stereocenters. The molecule has 40 heavy (non-hydrogen) atoms. The summed E-state index contributed by atoms with van der Waals surface area (Å²) in [4.78, 5) is 28.0. The number of nitrogens with zero attached hydrogens (tertiary/aromatic N) is 6. The van der Waals surface area contributed by atoms with E-state index in [1.807, 2.05) is 19.0 Å². The molecule has 0 radical (unpaired) electrons. The van der Waals surface area contributed by atoms with Crippen molar-refractivity contribution < 1.29 is 23.5 Å². The van der Waals surface area contributed by atoms with Gasteiger partial charge in [-0.25, -0.2) is 18.7 Å². The fraction of sp³-hybridized carbons (Fsp3) is 0.423. The number of halogens is 2. The molecule has 2 aromatic carbocycles. The minimum atomic E-state index is -1.46. The van der Waals surface area contributed by atoms with Crippen molar-refractivity contribution in [3.8, 4) is 5.75 Å². The van der Waals surface area contributed by atoms with Crippen LogP contribution < -0.4 is 20.3 Å². The zero-order chi connectivity index (χ0) is 29.2. The molecule has 2 heterocycles. The number of ether oxygens (including phenoxy) is 1. The lowest BCUT2D eigenvalue weighted by Gasteiger charge is -2.25. The van der Waals surface area contributed by atoms with Crippen LogP contribution in [0.3, 0.4) is 0 Å². The van der Waals surface area contributed by atoms with Crippen molar-refractivity contribution in [1.82, 2.24) is 19.9 Å². The van der Waals surface area contributed by atoms with Crippen LogP contribution in [0.1, 0.15) is 32.3 Å². The molecule has 12 nitrogen and oxygen atoms in total. The molecule has 0 saturated carbocycles. The van der Waals surface area contributed by atoms with Crippen LogP contribution in [-0.4, -0.2) is 70.2 Å². The molecule has 0 amide bonds. The van der Waals surface area contributed by atoms with Crippen molar-refractivity contribution >= 4 is 34.6 Å². The molecule has 3 aromatic rings. The van der Waals surface area contributed by atoms with Crippen molar-refractivity contribution in [2.75, 3.05) is 49.8 Å². The van der Waals surface area contributed by atoms with E-state index in [1.165, 1.54) is 26.4 Å². The summed E-state index contributed by atoms with van der Waals surface area (Å²) in [5, 5.41) is 28.5. The normalized spacial score (nSPS) is 16.6. The summed E-state index contributed by atoms with van der Waals surface area (Å²) < 4.78 is 33.6. The highest BCUT2D eigenvalue weighted by atomic mass is 19.2. The van der Waals surface area contributed by atoms with Crippen LogP contribution >= 0.6 is 0 Å². The Balaban J connectivity index is 1.65. The monoisotopic (exact) mass is 558 g/mol. The number of nitro groups is 1. The molecule has 0 bridgehead atoms. The summed E-state index contributed by atoms with van der Waals surface area (Å²) >= 11 is 0. The van der Waals surface area contributed by atoms with E-state index in [2.05, 4.69) is 30.5 Å². The minimum absolute atomic E-state index is 0.0121. The molecule has 1 aliphatic heterocycles. The highest BCUT2D eigenvalue weighted by Gasteiger charge is 2.31. The lowest BCUT2D eigenvalue weighted by Crippen LogP contribution is -2.31. The third-order valence-corrected chi connectivity index (χ3v) is 7.12. The summed E-state index contributed by atoms with van der Waals surface area (Å²) in [5.74, 6) is -1.90. The van der Waals surface area contributed by atoms with E-state index in [0.29, 0.717) is 24.5 Å². The van der Waals surface area contributed by atoms with Crippen LogP contribution in [0.25, 0.3) is 0 Å². The number of nitrogens with one attached hydrogen (secondary N) is 2. The van der Waals surface area contributed by atoms with E-state index in [4.69, 9.17) is 4.74 Å². The summed E-state index contributed by atoms with van der Waals surface area (Å²) in [6.45, 7) is 4.50. The molecule has 1 aliphatic rings. The zero-order valence-electron chi connectivity index (χ0n) is 22.9. The molecular weight excluding hydrogens is 526 g/mol. The van der Waals surface area contributed by atoms with Gasteiger partial charge in [0.15, 0.2) is 11.6 Å². The first-order valence-corrected chi connectivity index (χ1v) is 12.7. The summed E-state index contributed by atoms with van der Waals surface area (Å²) in [6, 6.07) is 5.08. The van der Waals surface area contributed by atoms with Gasteiger partial charge in [0, 0.05) is 42.9 Å². The van der Waals surface area contributed by atoms with Gasteiger partial charge in [0.25, 0.3) is 5.69 Å². The van der Waals surface area contributed by atoms with Gasteiger partial charge in [-0.1, -0.05) is 6.92 Å². The first-order chi connectivity index (χ1) is 18.9. The van der Waals surface area contributed by atoms with E-state index in [0.717, 1.165) is 18.6 Å². The molecule has 0 spiro atoms. The highest BCUT2D eigenvalue weighted by Crippen LogP contribution is 2.41. The summed E-state index contributed by atoms with van der Waals surface area (Å²) in [7, 11) is 5.41. The molecule has 1 aromatic heterocycles. The van der Waals surface area contributed by atoms with Gasteiger partial charge in [0.05, 0.1) is 29.0 Å². The maximum atomic E-state index is 14.1. The summed E-state index contributed by atoms with van der Waals surface area (Å²) in [6.07, 6.45) is 2.29. The molecule has 214 valence electrons. The number of methoxy groups -OCH3 is 1. The number of nitro benzene ring substituents is 1. The number of aromatic nitrogens is 3. The molecule has 1 fully saturated rings. The van der Waals surface area contributed by atoms with Crippen LogP contribution in [0.5, 0.6) is 5.75 Å². The maximum Gasteiger partial charge on any atom is 0.294 e. The zero-order valence-corrected chi connectivity index (χ0v) is 22.9. The first-order valence-electron chi connectivity index (χ1n) is 12.7. The molecule has 14 heteroatoms. The van der Waals surface area contributed by atoms with Crippen molar-refractivity contribution in [2.45, 2.75) is 38.3 Å².